The Morgan fingerprint density at radius 2 is 1.44 bits per heavy atom. The van der Waals surface area contributed by atoms with Crippen molar-refractivity contribution in [1.29, 1.82) is 0 Å². The topological polar surface area (TPSA) is 0 Å². The molecule has 2 saturated carbocycles. The minimum Gasteiger partial charge on any atom is -0.0949 e. The van der Waals surface area contributed by atoms with Crippen molar-refractivity contribution < 1.29 is 17.1 Å². The van der Waals surface area contributed by atoms with Gasteiger partial charge in [-0.15, -0.1) is 0 Å². The first-order valence-electron chi connectivity index (χ1n) is 5.81. The summed E-state index contributed by atoms with van der Waals surface area (Å²) >= 11 is 0. The van der Waals surface area contributed by atoms with Crippen LogP contribution >= 0.6 is 0 Å². The predicted molar refractivity (Wildman–Crippen MR) is 72.9 cm³/mol. The summed E-state index contributed by atoms with van der Waals surface area (Å²) in [5, 5.41) is 0. The van der Waals surface area contributed by atoms with Gasteiger partial charge in [-0.3, -0.25) is 0 Å². The first-order chi connectivity index (χ1) is 8.38. The second-order valence-corrected chi connectivity index (χ2v) is 3.94. The van der Waals surface area contributed by atoms with Crippen LogP contribution in [0.5, 0.6) is 0 Å². The molecule has 0 unspecified atom stereocenters. The van der Waals surface area contributed by atoms with Gasteiger partial charge in [0.1, 0.15) is 0 Å². The second kappa shape index (κ2) is 8.77. The molecule has 18 heavy (non-hydrogen) atoms. The molecule has 0 amide bonds. The van der Waals surface area contributed by atoms with E-state index in [9.17, 15) is 0 Å². The van der Waals surface area contributed by atoms with Gasteiger partial charge in [-0.05, 0) is 75.4 Å². The molecule has 0 bridgehead atoms. The van der Waals surface area contributed by atoms with E-state index in [0.29, 0.717) is 0 Å². The summed E-state index contributed by atoms with van der Waals surface area (Å²) < 4.78 is 0. The van der Waals surface area contributed by atoms with Crippen LogP contribution < -0.4 is 0 Å². The van der Waals surface area contributed by atoms with E-state index < -0.39 is 0 Å². The Bertz CT molecular complexity index is 294. The van der Waals surface area contributed by atoms with Crippen molar-refractivity contribution in [3.8, 4) is 0 Å². The number of hydrogen-bond donors (Lipinski definition) is 0. The molecule has 3 aliphatic rings. The Balaban J connectivity index is 0.000000230. The molecule has 0 saturated heterocycles. The fourth-order valence-corrected chi connectivity index (χ4v) is 1.75. The molecular weight excluding hydrogens is 260 g/mol. The molecule has 0 nitrogen and oxygen atoms in total. The third-order valence-electron chi connectivity index (χ3n) is 2.73. The molecule has 0 atom stereocenters. The van der Waals surface area contributed by atoms with Crippen LogP contribution in [0.15, 0.2) is 36.0 Å². The van der Waals surface area contributed by atoms with Gasteiger partial charge in [0, 0.05) is 5.92 Å². The number of rotatable bonds is 2. The van der Waals surface area contributed by atoms with Crippen molar-refractivity contribution in [1.82, 2.24) is 0 Å². The molecule has 3 aliphatic carbocycles. The van der Waals surface area contributed by atoms with Gasteiger partial charge in [-0.25, -0.2) is 0 Å². The van der Waals surface area contributed by atoms with E-state index in [0.717, 1.165) is 12.0 Å². The molecule has 10 radical (unpaired) electrons. The molecule has 1 heteroatoms. The third-order valence-corrected chi connectivity index (χ3v) is 2.73. The summed E-state index contributed by atoms with van der Waals surface area (Å²) in [5.74, 6) is 1.24. The standard InChI is InChI=1S/C12H11.C5H5.Fe/c1-10(11-6-2-3-7-11)12-8-4-5-9-12;1-2-4-5-3-1;/h2-8H,1,9H2;1-5H;/q;;+2. The molecule has 0 heterocycles. The zero-order valence-corrected chi connectivity index (χ0v) is 11.3. The minimum absolute atomic E-state index is 0. The summed E-state index contributed by atoms with van der Waals surface area (Å²) in [6, 6.07) is 0. The Kier molecular flexibility index (Phi) is 7.70. The van der Waals surface area contributed by atoms with Gasteiger partial charge in [-0.1, -0.05) is 24.8 Å². The fourth-order valence-electron chi connectivity index (χ4n) is 1.75. The third kappa shape index (κ3) is 4.78. The molecule has 0 spiro atoms. The SMILES string of the molecule is C=C([C]1[CH][CH][CH][CH]1)C1=CC=CC1.[CH]1[CH][CH][CH][CH]1.[Fe+2]. The first kappa shape index (κ1) is 15.8. The van der Waals surface area contributed by atoms with Gasteiger partial charge in [-0.2, -0.15) is 0 Å². The summed E-state index contributed by atoms with van der Waals surface area (Å²) in [6.45, 7) is 4.07. The predicted octanol–water partition coefficient (Wildman–Crippen LogP) is 3.85. The van der Waals surface area contributed by atoms with Crippen molar-refractivity contribution in [2.75, 3.05) is 0 Å². The van der Waals surface area contributed by atoms with Crippen LogP contribution in [-0.2, 0) is 17.1 Å². The molecule has 90 valence electrons. The zero-order valence-electron chi connectivity index (χ0n) is 10.2. The Morgan fingerprint density at radius 3 is 1.89 bits per heavy atom. The Hall–Kier alpha value is -0.261. The van der Waals surface area contributed by atoms with Crippen LogP contribution in [0.4, 0.5) is 0 Å². The van der Waals surface area contributed by atoms with Gasteiger partial charge in [0.25, 0.3) is 0 Å². The molecule has 3 rings (SSSR count). The summed E-state index contributed by atoms with van der Waals surface area (Å²) in [4.78, 5) is 0. The van der Waals surface area contributed by atoms with Crippen molar-refractivity contribution in [2.24, 2.45) is 0 Å². The van der Waals surface area contributed by atoms with Gasteiger partial charge < -0.3 is 0 Å². The van der Waals surface area contributed by atoms with Crippen molar-refractivity contribution in [2.45, 2.75) is 6.42 Å². The van der Waals surface area contributed by atoms with Gasteiger partial charge in [0.15, 0.2) is 0 Å². The summed E-state index contributed by atoms with van der Waals surface area (Å²) in [7, 11) is 0. The zero-order chi connectivity index (χ0) is 11.9. The van der Waals surface area contributed by atoms with E-state index in [1.807, 2.05) is 44.9 Å². The van der Waals surface area contributed by atoms with Crippen LogP contribution in [0.2, 0.25) is 0 Å². The van der Waals surface area contributed by atoms with Crippen molar-refractivity contribution in [3.05, 3.63) is 99.7 Å². The average Bonchev–Trinajstić information content (AvgIpc) is 3.11. The molecule has 0 aromatic carbocycles. The largest absolute Gasteiger partial charge is 2.00 e. The van der Waals surface area contributed by atoms with Gasteiger partial charge in [0.05, 0.1) is 0 Å². The maximum absolute atomic E-state index is 4.07. The van der Waals surface area contributed by atoms with Gasteiger partial charge in [0.2, 0.25) is 0 Å². The van der Waals surface area contributed by atoms with Gasteiger partial charge >= 0.3 is 17.1 Å². The van der Waals surface area contributed by atoms with Crippen LogP contribution in [0.1, 0.15) is 6.42 Å². The monoisotopic (exact) mass is 276 g/mol. The van der Waals surface area contributed by atoms with Crippen LogP contribution in [-0.4, -0.2) is 0 Å². The number of allylic oxidation sites excluding steroid dienone is 5. The summed E-state index contributed by atoms with van der Waals surface area (Å²) in [6.07, 6.45) is 25.7. The van der Waals surface area contributed by atoms with Crippen LogP contribution in [0.25, 0.3) is 0 Å². The minimum atomic E-state index is 0. The van der Waals surface area contributed by atoms with E-state index in [4.69, 9.17) is 0 Å². The molecule has 2 fully saturated rings. The Labute approximate surface area is 123 Å². The summed E-state index contributed by atoms with van der Waals surface area (Å²) in [5.41, 5.74) is 2.49. The van der Waals surface area contributed by atoms with E-state index in [-0.39, 0.29) is 17.1 Å². The average molecular weight is 276 g/mol. The van der Waals surface area contributed by atoms with E-state index in [1.54, 1.807) is 0 Å². The van der Waals surface area contributed by atoms with Crippen LogP contribution in [0.3, 0.4) is 0 Å². The smallest absolute Gasteiger partial charge is 0.0949 e. The molecule has 0 aromatic rings. The fraction of sp³-hybridized carbons (Fsp3) is 0.0588. The van der Waals surface area contributed by atoms with E-state index in [2.05, 4.69) is 37.6 Å². The normalized spacial score (nSPS) is 22.1. The number of hydrogen-bond acceptors (Lipinski definition) is 0. The molecule has 0 aliphatic heterocycles. The Morgan fingerprint density at radius 1 is 0.889 bits per heavy atom. The maximum Gasteiger partial charge on any atom is 2.00 e. The second-order valence-electron chi connectivity index (χ2n) is 3.94. The maximum atomic E-state index is 4.07. The quantitative estimate of drug-likeness (QED) is 0.672. The van der Waals surface area contributed by atoms with E-state index in [1.165, 1.54) is 11.5 Å². The molecule has 0 N–H and O–H groups in total. The molecular formula is C17H16Fe+2. The van der Waals surface area contributed by atoms with Crippen molar-refractivity contribution in [3.63, 3.8) is 0 Å². The van der Waals surface area contributed by atoms with Crippen LogP contribution in [0, 0.1) is 63.7 Å². The van der Waals surface area contributed by atoms with Crippen molar-refractivity contribution >= 4 is 0 Å². The van der Waals surface area contributed by atoms with E-state index >= 15 is 0 Å². The molecule has 0 aromatic heterocycles. The first-order valence-corrected chi connectivity index (χ1v) is 5.81.